The van der Waals surface area contributed by atoms with Crippen molar-refractivity contribution in [2.45, 2.75) is 10.4 Å². The molecule has 0 fully saturated rings. The molecule has 0 N–H and O–H groups in total. The maximum Gasteiger partial charge on any atom is 0.446 e. The number of hydrogen-bond acceptors (Lipinski definition) is 3. The first-order valence-corrected chi connectivity index (χ1v) is 4.41. The van der Waals surface area contributed by atoms with Crippen LogP contribution in [0.15, 0.2) is 17.0 Å². The number of benzene rings is 1. The number of nitrogens with zero attached hydrogens (tertiary/aromatic N) is 1. The van der Waals surface area contributed by atoms with E-state index in [1.807, 2.05) is 0 Å². The summed E-state index contributed by atoms with van der Waals surface area (Å²) in [6.45, 7) is 0. The standard InChI is InChI=1S/C7H2F5NO2S/c8-3-2-6(16-7(10,11)12)4(9)1-5(3)13(14)15/h1-2H. The average Bonchev–Trinajstić information content (AvgIpc) is 2.07. The van der Waals surface area contributed by atoms with Crippen molar-refractivity contribution in [1.82, 2.24) is 0 Å². The lowest BCUT2D eigenvalue weighted by Gasteiger charge is -2.06. The molecule has 0 aliphatic carbocycles. The molecule has 0 heterocycles. The van der Waals surface area contributed by atoms with Gasteiger partial charge in [-0.15, -0.1) is 0 Å². The van der Waals surface area contributed by atoms with Crippen molar-refractivity contribution in [2.75, 3.05) is 0 Å². The fraction of sp³-hybridized carbons (Fsp3) is 0.143. The van der Waals surface area contributed by atoms with Crippen LogP contribution in [0.3, 0.4) is 0 Å². The number of thioether (sulfide) groups is 1. The molecule has 0 atom stereocenters. The fourth-order valence-corrected chi connectivity index (χ4v) is 1.43. The molecule has 0 aliphatic heterocycles. The summed E-state index contributed by atoms with van der Waals surface area (Å²) in [6.07, 6.45) is 0. The zero-order valence-electron chi connectivity index (χ0n) is 7.22. The highest BCUT2D eigenvalue weighted by atomic mass is 32.2. The van der Waals surface area contributed by atoms with E-state index in [0.717, 1.165) is 0 Å². The van der Waals surface area contributed by atoms with Gasteiger partial charge in [-0.1, -0.05) is 0 Å². The first-order chi connectivity index (χ1) is 7.20. The average molecular weight is 259 g/mol. The molecule has 16 heavy (non-hydrogen) atoms. The van der Waals surface area contributed by atoms with Crippen LogP contribution in [0.25, 0.3) is 0 Å². The van der Waals surface area contributed by atoms with Crippen LogP contribution in [-0.2, 0) is 0 Å². The summed E-state index contributed by atoms with van der Waals surface area (Å²) in [5, 5.41) is 10.1. The summed E-state index contributed by atoms with van der Waals surface area (Å²) in [5.41, 5.74) is -5.99. The van der Waals surface area contributed by atoms with Crippen molar-refractivity contribution in [1.29, 1.82) is 0 Å². The summed E-state index contributed by atoms with van der Waals surface area (Å²) >= 11 is -0.876. The molecule has 3 nitrogen and oxygen atoms in total. The number of nitro benzene ring substituents is 1. The Morgan fingerprint density at radius 1 is 1.19 bits per heavy atom. The Morgan fingerprint density at radius 2 is 1.75 bits per heavy atom. The second-order valence-electron chi connectivity index (χ2n) is 2.54. The summed E-state index contributed by atoms with van der Waals surface area (Å²) in [5.74, 6) is -3.01. The van der Waals surface area contributed by atoms with E-state index >= 15 is 0 Å². The van der Waals surface area contributed by atoms with E-state index in [1.54, 1.807) is 0 Å². The highest BCUT2D eigenvalue weighted by Gasteiger charge is 2.32. The van der Waals surface area contributed by atoms with E-state index in [4.69, 9.17) is 0 Å². The molecule has 0 saturated carbocycles. The zero-order chi connectivity index (χ0) is 12.5. The van der Waals surface area contributed by atoms with Gasteiger partial charge in [-0.2, -0.15) is 17.6 Å². The molecule has 0 aromatic heterocycles. The van der Waals surface area contributed by atoms with Gasteiger partial charge in [-0.3, -0.25) is 10.1 Å². The Balaban J connectivity index is 3.16. The number of rotatable bonds is 2. The summed E-state index contributed by atoms with van der Waals surface area (Å²) in [7, 11) is 0. The molecule has 0 amide bonds. The van der Waals surface area contributed by atoms with Gasteiger partial charge in [-0.05, 0) is 17.8 Å². The van der Waals surface area contributed by atoms with Gasteiger partial charge in [-0.25, -0.2) is 4.39 Å². The van der Waals surface area contributed by atoms with Crippen molar-refractivity contribution >= 4 is 17.4 Å². The fourth-order valence-electron chi connectivity index (χ4n) is 0.861. The van der Waals surface area contributed by atoms with Crippen LogP contribution in [0.2, 0.25) is 0 Å². The van der Waals surface area contributed by atoms with Crippen LogP contribution < -0.4 is 0 Å². The summed E-state index contributed by atoms with van der Waals surface area (Å²) in [4.78, 5) is 7.87. The number of alkyl halides is 3. The third kappa shape index (κ3) is 3.05. The molecular formula is C7H2F5NO2S. The molecule has 1 aromatic rings. The van der Waals surface area contributed by atoms with Gasteiger partial charge in [0, 0.05) is 0 Å². The third-order valence-corrected chi connectivity index (χ3v) is 2.19. The molecule has 0 bridgehead atoms. The predicted octanol–water partition coefficient (Wildman–Crippen LogP) is 3.48. The first kappa shape index (κ1) is 12.7. The van der Waals surface area contributed by atoms with Crippen LogP contribution in [0.1, 0.15) is 0 Å². The quantitative estimate of drug-likeness (QED) is 0.353. The van der Waals surface area contributed by atoms with E-state index in [1.165, 1.54) is 0 Å². The molecule has 1 rings (SSSR count). The smallest absolute Gasteiger partial charge is 0.258 e. The second kappa shape index (κ2) is 4.24. The van der Waals surface area contributed by atoms with Crippen LogP contribution in [0.5, 0.6) is 0 Å². The lowest BCUT2D eigenvalue weighted by molar-refractivity contribution is -0.387. The largest absolute Gasteiger partial charge is 0.446 e. The van der Waals surface area contributed by atoms with Crippen molar-refractivity contribution in [3.63, 3.8) is 0 Å². The molecule has 0 unspecified atom stereocenters. The maximum atomic E-state index is 12.9. The molecule has 0 saturated heterocycles. The molecule has 9 heteroatoms. The zero-order valence-corrected chi connectivity index (χ0v) is 8.03. The van der Waals surface area contributed by atoms with Crippen LogP contribution in [-0.4, -0.2) is 10.4 Å². The van der Waals surface area contributed by atoms with E-state index < -0.39 is 44.4 Å². The van der Waals surface area contributed by atoms with Crippen LogP contribution in [0, 0.1) is 21.7 Å². The van der Waals surface area contributed by atoms with Gasteiger partial charge in [0.2, 0.25) is 5.82 Å². The topological polar surface area (TPSA) is 43.1 Å². The SMILES string of the molecule is O=[N+]([O-])c1cc(F)c(SC(F)(F)F)cc1F. The molecule has 0 aliphatic rings. The number of hydrogen-bond donors (Lipinski definition) is 0. The molecular weight excluding hydrogens is 257 g/mol. The van der Waals surface area contributed by atoms with Gasteiger partial charge in [0.1, 0.15) is 5.82 Å². The van der Waals surface area contributed by atoms with E-state index in [0.29, 0.717) is 0 Å². The van der Waals surface area contributed by atoms with Gasteiger partial charge in [0.15, 0.2) is 0 Å². The Kier molecular flexibility index (Phi) is 3.36. The van der Waals surface area contributed by atoms with Crippen molar-refractivity contribution in [3.8, 4) is 0 Å². The second-order valence-corrected chi connectivity index (χ2v) is 3.65. The molecule has 0 spiro atoms. The molecule has 0 radical (unpaired) electrons. The summed E-state index contributed by atoms with van der Waals surface area (Å²) < 4.78 is 61.4. The van der Waals surface area contributed by atoms with Gasteiger partial charge >= 0.3 is 11.2 Å². The van der Waals surface area contributed by atoms with Gasteiger partial charge in [0.25, 0.3) is 0 Å². The Hall–Kier alpha value is -1.38. The van der Waals surface area contributed by atoms with E-state index in [9.17, 15) is 32.1 Å². The van der Waals surface area contributed by atoms with E-state index in [-0.39, 0.29) is 12.1 Å². The molecule has 88 valence electrons. The monoisotopic (exact) mass is 259 g/mol. The third-order valence-electron chi connectivity index (χ3n) is 1.42. The van der Waals surface area contributed by atoms with Crippen molar-refractivity contribution < 1.29 is 26.9 Å². The van der Waals surface area contributed by atoms with Gasteiger partial charge in [0.05, 0.1) is 15.9 Å². The Labute approximate surface area is 89.4 Å². The Morgan fingerprint density at radius 3 is 2.19 bits per heavy atom. The van der Waals surface area contributed by atoms with Crippen LogP contribution >= 0.6 is 11.8 Å². The van der Waals surface area contributed by atoms with Crippen LogP contribution in [0.4, 0.5) is 27.6 Å². The Bertz CT molecular complexity index is 434. The van der Waals surface area contributed by atoms with E-state index in [2.05, 4.69) is 0 Å². The number of halogens is 5. The van der Waals surface area contributed by atoms with Gasteiger partial charge < -0.3 is 0 Å². The first-order valence-electron chi connectivity index (χ1n) is 3.60. The lowest BCUT2D eigenvalue weighted by atomic mass is 10.3. The van der Waals surface area contributed by atoms with Crippen molar-refractivity contribution in [3.05, 3.63) is 33.9 Å². The summed E-state index contributed by atoms with van der Waals surface area (Å²) in [6, 6.07) is 0.259. The predicted molar refractivity (Wildman–Crippen MR) is 44.9 cm³/mol. The normalized spacial score (nSPS) is 11.6. The van der Waals surface area contributed by atoms with Crippen molar-refractivity contribution in [2.24, 2.45) is 0 Å². The minimum absolute atomic E-state index is 0.114. The molecule has 1 aromatic carbocycles. The highest BCUT2D eigenvalue weighted by molar-refractivity contribution is 8.00. The maximum absolute atomic E-state index is 12.9. The number of nitro groups is 1. The highest BCUT2D eigenvalue weighted by Crippen LogP contribution is 2.39. The lowest BCUT2D eigenvalue weighted by Crippen LogP contribution is -2.02. The minimum Gasteiger partial charge on any atom is -0.258 e. The minimum atomic E-state index is -4.79.